The molecule has 3 unspecified atom stereocenters. The van der Waals surface area contributed by atoms with Crippen molar-refractivity contribution in [1.29, 1.82) is 10.5 Å². The van der Waals surface area contributed by atoms with Crippen LogP contribution in [0.3, 0.4) is 0 Å². The molecule has 3 aliphatic carbocycles. The molecule has 0 heterocycles. The van der Waals surface area contributed by atoms with Crippen LogP contribution in [-0.4, -0.2) is 19.2 Å². The van der Waals surface area contributed by atoms with Crippen molar-refractivity contribution in [3.63, 3.8) is 0 Å². The van der Waals surface area contributed by atoms with Gasteiger partial charge >= 0.3 is 5.97 Å². The Morgan fingerprint density at radius 1 is 0.684 bits per heavy atom. The van der Waals surface area contributed by atoms with Crippen molar-refractivity contribution in [3.8, 4) is 35.8 Å². The van der Waals surface area contributed by atoms with E-state index in [9.17, 15) is 4.79 Å². The Bertz CT molecular complexity index is 953. The maximum absolute atomic E-state index is 13.2. The fourth-order valence-corrected chi connectivity index (χ4v) is 5.93. The minimum absolute atomic E-state index is 0.0244. The summed E-state index contributed by atoms with van der Waals surface area (Å²) >= 11 is 0. The molecule has 0 saturated heterocycles. The van der Waals surface area contributed by atoms with E-state index in [2.05, 4.69) is 42.4 Å². The number of carbonyl (C=O) groups excluding carboxylic acids is 1. The summed E-state index contributed by atoms with van der Waals surface area (Å²) in [6, 6.07) is 4.79. The van der Waals surface area contributed by atoms with Gasteiger partial charge in [-0.25, -0.2) is 0 Å². The Morgan fingerprint density at radius 3 is 1.76 bits per heavy atom. The maximum atomic E-state index is 13.2. The molecule has 3 rings (SSSR count). The molecule has 0 aromatic rings. The number of nitriles is 2. The topological polar surface area (TPSA) is 83.1 Å². The van der Waals surface area contributed by atoms with E-state index in [-0.39, 0.29) is 35.6 Å². The Balaban J connectivity index is 1.54. The van der Waals surface area contributed by atoms with Crippen molar-refractivity contribution in [2.75, 3.05) is 13.2 Å². The zero-order valence-corrected chi connectivity index (χ0v) is 23.0. The molecule has 0 amide bonds. The van der Waals surface area contributed by atoms with Crippen LogP contribution in [0.15, 0.2) is 12.8 Å². The van der Waals surface area contributed by atoms with Gasteiger partial charge in [-0.05, 0) is 96.3 Å². The first-order valence-corrected chi connectivity index (χ1v) is 14.8. The first-order valence-electron chi connectivity index (χ1n) is 14.8. The van der Waals surface area contributed by atoms with Crippen molar-refractivity contribution in [1.82, 2.24) is 0 Å². The van der Waals surface area contributed by atoms with Crippen LogP contribution in [0.5, 0.6) is 0 Å². The molecule has 38 heavy (non-hydrogen) atoms. The number of carbonyl (C=O) groups is 1. The van der Waals surface area contributed by atoms with Crippen LogP contribution >= 0.6 is 0 Å². The summed E-state index contributed by atoms with van der Waals surface area (Å²) in [7, 11) is 0. The molecular formula is C33H44N2O3. The van der Waals surface area contributed by atoms with Crippen LogP contribution in [0.4, 0.5) is 0 Å². The van der Waals surface area contributed by atoms with E-state index in [1.54, 1.807) is 0 Å². The van der Waals surface area contributed by atoms with Crippen LogP contribution in [0.2, 0.25) is 0 Å². The molecule has 5 nitrogen and oxygen atoms in total. The van der Waals surface area contributed by atoms with Gasteiger partial charge in [-0.1, -0.05) is 30.3 Å². The highest BCUT2D eigenvalue weighted by Gasteiger charge is 2.35. The number of hydrogen-bond acceptors (Lipinski definition) is 5. The van der Waals surface area contributed by atoms with Gasteiger partial charge in [0.25, 0.3) is 0 Å². The highest BCUT2D eigenvalue weighted by molar-refractivity contribution is 5.73. The molecule has 3 fully saturated rings. The smallest absolute Gasteiger partial charge is 0.310 e. The van der Waals surface area contributed by atoms with E-state index in [0.29, 0.717) is 25.0 Å². The molecule has 0 spiro atoms. The van der Waals surface area contributed by atoms with Gasteiger partial charge in [0.1, 0.15) is 0 Å². The maximum Gasteiger partial charge on any atom is 0.310 e. The molecule has 0 aromatic carbocycles. The first-order chi connectivity index (χ1) is 18.6. The van der Waals surface area contributed by atoms with Crippen molar-refractivity contribution >= 4 is 5.97 Å². The predicted octanol–water partition coefficient (Wildman–Crippen LogP) is 6.95. The van der Waals surface area contributed by atoms with E-state index in [1.165, 1.54) is 6.26 Å². The normalized spacial score (nSPS) is 30.6. The van der Waals surface area contributed by atoms with Crippen LogP contribution in [0, 0.1) is 87.8 Å². The van der Waals surface area contributed by atoms with Crippen LogP contribution in [0.1, 0.15) is 96.3 Å². The molecule has 0 N–H and O–H groups in total. The molecule has 3 aliphatic rings. The van der Waals surface area contributed by atoms with Gasteiger partial charge in [0.05, 0.1) is 37.5 Å². The molecule has 3 atom stereocenters. The highest BCUT2D eigenvalue weighted by Crippen LogP contribution is 2.36. The SMILES string of the molecule is C=COCCCCCCOC(=O)C1CC(C#CC2CCC(C#N)CC2)CCC1C#CC1CCC(C#N)CC1. The lowest BCUT2D eigenvalue weighted by Crippen LogP contribution is -2.32. The predicted molar refractivity (Wildman–Crippen MR) is 148 cm³/mol. The number of nitrogens with zero attached hydrogens (tertiary/aromatic N) is 2. The summed E-state index contributed by atoms with van der Waals surface area (Å²) < 4.78 is 10.9. The van der Waals surface area contributed by atoms with E-state index >= 15 is 0 Å². The summed E-state index contributed by atoms with van der Waals surface area (Å²) in [5, 5.41) is 18.3. The average Bonchev–Trinajstić information content (AvgIpc) is 2.97. The summed E-state index contributed by atoms with van der Waals surface area (Å²) in [5.41, 5.74) is 0. The zero-order chi connectivity index (χ0) is 27.0. The lowest BCUT2D eigenvalue weighted by Gasteiger charge is -2.30. The highest BCUT2D eigenvalue weighted by atomic mass is 16.5. The molecule has 5 heteroatoms. The zero-order valence-electron chi connectivity index (χ0n) is 23.0. The van der Waals surface area contributed by atoms with Gasteiger partial charge in [-0.2, -0.15) is 10.5 Å². The second-order valence-electron chi connectivity index (χ2n) is 11.3. The molecule has 0 radical (unpaired) electrons. The Hall–Kier alpha value is -2.89. The number of unbranched alkanes of at least 4 members (excludes halogenated alkanes) is 3. The van der Waals surface area contributed by atoms with Gasteiger partial charge in [0.2, 0.25) is 0 Å². The fourth-order valence-electron chi connectivity index (χ4n) is 5.93. The third-order valence-electron chi connectivity index (χ3n) is 8.46. The minimum atomic E-state index is -0.221. The minimum Gasteiger partial charge on any atom is -0.502 e. The molecular weight excluding hydrogens is 472 g/mol. The second kappa shape index (κ2) is 16.8. The number of ether oxygens (including phenoxy) is 2. The standard InChI is InChI=1S/C33H44N2O3/c1-2-37-21-5-3-4-6-22-38-33(36)32-23-28(12-7-26-8-13-29(24-34)14-9-26)18-20-31(32)19-17-27-10-15-30(25-35)16-11-27/h2,26-32H,1,3-6,8-11,13-16,18,20-23H2. The molecule has 3 saturated carbocycles. The number of esters is 1. The summed E-state index contributed by atoms with van der Waals surface area (Å²) in [4.78, 5) is 13.2. The lowest BCUT2D eigenvalue weighted by atomic mass is 9.73. The Kier molecular flexibility index (Phi) is 13.2. The molecule has 0 aliphatic heterocycles. The molecule has 0 bridgehead atoms. The van der Waals surface area contributed by atoms with E-state index in [0.717, 1.165) is 96.3 Å². The van der Waals surface area contributed by atoms with E-state index in [1.807, 2.05) is 0 Å². The van der Waals surface area contributed by atoms with Gasteiger partial charge in [0.15, 0.2) is 0 Å². The van der Waals surface area contributed by atoms with E-state index in [4.69, 9.17) is 20.0 Å². The summed E-state index contributed by atoms with van der Waals surface area (Å²) in [6.45, 7) is 4.69. The monoisotopic (exact) mass is 516 g/mol. The lowest BCUT2D eigenvalue weighted by molar-refractivity contribution is -0.151. The average molecular weight is 517 g/mol. The quantitative estimate of drug-likeness (QED) is 0.143. The van der Waals surface area contributed by atoms with Crippen molar-refractivity contribution in [2.45, 2.75) is 96.3 Å². The Labute approximate surface area is 230 Å². The van der Waals surface area contributed by atoms with Crippen molar-refractivity contribution in [2.24, 2.45) is 41.4 Å². The van der Waals surface area contributed by atoms with Gasteiger partial charge < -0.3 is 9.47 Å². The fraction of sp³-hybridized carbons (Fsp3) is 0.727. The number of rotatable bonds is 9. The largest absolute Gasteiger partial charge is 0.502 e. The van der Waals surface area contributed by atoms with Crippen LogP contribution in [0.25, 0.3) is 0 Å². The third kappa shape index (κ3) is 10.1. The first kappa shape index (κ1) is 29.7. The molecule has 204 valence electrons. The van der Waals surface area contributed by atoms with E-state index < -0.39 is 0 Å². The van der Waals surface area contributed by atoms with Gasteiger partial charge in [-0.15, -0.1) is 0 Å². The van der Waals surface area contributed by atoms with Crippen LogP contribution < -0.4 is 0 Å². The Morgan fingerprint density at radius 2 is 1.18 bits per heavy atom. The molecule has 0 aromatic heterocycles. The van der Waals surface area contributed by atoms with Gasteiger partial charge in [-0.3, -0.25) is 4.79 Å². The summed E-state index contributed by atoms with van der Waals surface area (Å²) in [6.07, 6.45) is 15.7. The van der Waals surface area contributed by atoms with Crippen LogP contribution in [-0.2, 0) is 14.3 Å². The van der Waals surface area contributed by atoms with Crippen molar-refractivity contribution in [3.05, 3.63) is 12.8 Å². The third-order valence-corrected chi connectivity index (χ3v) is 8.46. The van der Waals surface area contributed by atoms with Crippen molar-refractivity contribution < 1.29 is 14.3 Å². The second-order valence-corrected chi connectivity index (χ2v) is 11.3. The number of hydrogen-bond donors (Lipinski definition) is 0. The van der Waals surface area contributed by atoms with Gasteiger partial charge in [0, 0.05) is 35.5 Å². The summed E-state index contributed by atoms with van der Waals surface area (Å²) in [5.74, 6) is 14.9.